The second kappa shape index (κ2) is 2.67. The van der Waals surface area contributed by atoms with Crippen LogP contribution in [0.5, 0.6) is 0 Å². The van der Waals surface area contributed by atoms with E-state index in [2.05, 4.69) is 9.97 Å². The van der Waals surface area contributed by atoms with Gasteiger partial charge >= 0.3 is 0 Å². The maximum absolute atomic E-state index is 5.72. The monoisotopic (exact) mass is 180 g/mol. The minimum Gasteiger partial charge on any atom is -0.335 e. The van der Waals surface area contributed by atoms with Gasteiger partial charge in [0.15, 0.2) is 10.8 Å². The maximum Gasteiger partial charge on any atom is 0.188 e. The van der Waals surface area contributed by atoms with Gasteiger partial charge in [-0.05, 0) is 18.4 Å². The molecule has 0 atom stereocenters. The lowest BCUT2D eigenvalue weighted by Crippen LogP contribution is -2.09. The van der Waals surface area contributed by atoms with E-state index >= 15 is 0 Å². The van der Waals surface area contributed by atoms with E-state index in [-0.39, 0.29) is 0 Å². The first-order valence-corrected chi connectivity index (χ1v) is 4.68. The van der Waals surface area contributed by atoms with Crippen LogP contribution in [0.25, 0.3) is 11.2 Å². The summed E-state index contributed by atoms with van der Waals surface area (Å²) < 4.78 is 1.50. The molecule has 0 unspecified atom stereocenters. The van der Waals surface area contributed by atoms with Crippen LogP contribution in [0.1, 0.15) is 0 Å². The van der Waals surface area contributed by atoms with Crippen LogP contribution >= 0.6 is 11.8 Å². The van der Waals surface area contributed by atoms with Gasteiger partial charge in [-0.25, -0.2) is 14.6 Å². The average Bonchev–Trinajstić information content (AvgIpc) is 2.44. The van der Waals surface area contributed by atoms with Crippen molar-refractivity contribution in [2.45, 2.75) is 5.16 Å². The summed E-state index contributed by atoms with van der Waals surface area (Å²) in [5, 5.41) is 0.781. The predicted molar refractivity (Wildman–Crippen MR) is 49.5 cm³/mol. The first-order chi connectivity index (χ1) is 5.83. The van der Waals surface area contributed by atoms with E-state index in [1.54, 1.807) is 6.20 Å². The molecule has 0 aliphatic rings. The number of nitrogen functional groups attached to an aromatic ring is 1. The van der Waals surface area contributed by atoms with Crippen LogP contribution in [0.4, 0.5) is 0 Å². The van der Waals surface area contributed by atoms with Crippen molar-refractivity contribution < 1.29 is 0 Å². The molecule has 2 aromatic rings. The van der Waals surface area contributed by atoms with Gasteiger partial charge in [-0.3, -0.25) is 0 Å². The molecule has 2 heterocycles. The molecule has 0 amide bonds. The van der Waals surface area contributed by atoms with E-state index in [9.17, 15) is 0 Å². The zero-order valence-electron chi connectivity index (χ0n) is 6.56. The largest absolute Gasteiger partial charge is 0.335 e. The Hall–Kier alpha value is -1.23. The highest BCUT2D eigenvalue weighted by Crippen LogP contribution is 2.16. The maximum atomic E-state index is 5.72. The minimum absolute atomic E-state index is 0.724. The number of nitrogens with zero attached hydrogens (tertiary/aromatic N) is 3. The number of fused-ring (bicyclic) bond motifs is 1. The number of hydrogen-bond donors (Lipinski definition) is 1. The molecule has 2 aromatic heterocycles. The van der Waals surface area contributed by atoms with Gasteiger partial charge in [-0.1, -0.05) is 11.8 Å². The second-order valence-corrected chi connectivity index (χ2v) is 3.09. The van der Waals surface area contributed by atoms with E-state index in [1.165, 1.54) is 16.4 Å². The predicted octanol–water partition coefficient (Wildman–Crippen LogP) is 0.867. The Morgan fingerprint density at radius 2 is 2.42 bits per heavy atom. The SMILES string of the molecule is CSc1nc2cccnc2n1N. The number of aromatic nitrogens is 3. The van der Waals surface area contributed by atoms with Crippen LogP contribution in [-0.4, -0.2) is 20.9 Å². The Morgan fingerprint density at radius 1 is 1.58 bits per heavy atom. The summed E-state index contributed by atoms with van der Waals surface area (Å²) in [6.07, 6.45) is 3.64. The third kappa shape index (κ3) is 0.937. The summed E-state index contributed by atoms with van der Waals surface area (Å²) in [7, 11) is 0. The average molecular weight is 180 g/mol. The van der Waals surface area contributed by atoms with Crippen molar-refractivity contribution >= 4 is 22.9 Å². The summed E-state index contributed by atoms with van der Waals surface area (Å²) in [6, 6.07) is 3.74. The third-order valence-electron chi connectivity index (χ3n) is 1.60. The van der Waals surface area contributed by atoms with Crippen molar-refractivity contribution in [2.24, 2.45) is 0 Å². The van der Waals surface area contributed by atoms with Crippen molar-refractivity contribution in [3.63, 3.8) is 0 Å². The van der Waals surface area contributed by atoms with E-state index in [0.717, 1.165) is 16.3 Å². The van der Waals surface area contributed by atoms with Gasteiger partial charge < -0.3 is 5.84 Å². The lowest BCUT2D eigenvalue weighted by Gasteiger charge is -1.95. The zero-order chi connectivity index (χ0) is 8.55. The molecule has 5 heteroatoms. The number of pyridine rings is 1. The van der Waals surface area contributed by atoms with Crippen LogP contribution in [0.15, 0.2) is 23.5 Å². The zero-order valence-corrected chi connectivity index (χ0v) is 7.38. The van der Waals surface area contributed by atoms with Crippen molar-refractivity contribution in [3.05, 3.63) is 18.3 Å². The number of thioether (sulfide) groups is 1. The molecular formula is C7H8N4S. The molecule has 12 heavy (non-hydrogen) atoms. The van der Waals surface area contributed by atoms with Crippen LogP contribution < -0.4 is 5.84 Å². The molecule has 0 radical (unpaired) electrons. The Morgan fingerprint density at radius 3 is 3.08 bits per heavy atom. The number of imidazole rings is 1. The molecule has 2 N–H and O–H groups in total. The van der Waals surface area contributed by atoms with Gasteiger partial charge in [0.05, 0.1) is 0 Å². The summed E-state index contributed by atoms with van der Waals surface area (Å²) >= 11 is 1.51. The summed E-state index contributed by atoms with van der Waals surface area (Å²) in [5.74, 6) is 5.72. The quantitative estimate of drug-likeness (QED) is 0.522. The molecule has 0 aromatic carbocycles. The van der Waals surface area contributed by atoms with Crippen LogP contribution in [0, 0.1) is 0 Å². The molecule has 0 aliphatic heterocycles. The smallest absolute Gasteiger partial charge is 0.188 e. The van der Waals surface area contributed by atoms with E-state index in [4.69, 9.17) is 5.84 Å². The fourth-order valence-electron chi connectivity index (χ4n) is 1.05. The Kier molecular flexibility index (Phi) is 1.65. The summed E-state index contributed by atoms with van der Waals surface area (Å²) in [6.45, 7) is 0. The molecule has 62 valence electrons. The molecule has 0 saturated carbocycles. The molecule has 2 rings (SSSR count). The molecule has 0 bridgehead atoms. The molecule has 4 nitrogen and oxygen atoms in total. The molecule has 0 aliphatic carbocycles. The highest BCUT2D eigenvalue weighted by molar-refractivity contribution is 7.98. The van der Waals surface area contributed by atoms with Crippen molar-refractivity contribution in [3.8, 4) is 0 Å². The third-order valence-corrected chi connectivity index (χ3v) is 2.25. The van der Waals surface area contributed by atoms with Gasteiger partial charge in [-0.2, -0.15) is 0 Å². The van der Waals surface area contributed by atoms with Gasteiger partial charge in [0.25, 0.3) is 0 Å². The standard InChI is InChI=1S/C7H8N4S/c1-12-7-10-5-3-2-4-9-6(5)11(7)8/h2-4H,8H2,1H3. The van der Waals surface area contributed by atoms with Crippen molar-refractivity contribution in [1.29, 1.82) is 0 Å². The van der Waals surface area contributed by atoms with Gasteiger partial charge in [0.1, 0.15) is 5.52 Å². The van der Waals surface area contributed by atoms with E-state index in [0.29, 0.717) is 0 Å². The lowest BCUT2D eigenvalue weighted by atomic mass is 10.4. The summed E-state index contributed by atoms with van der Waals surface area (Å²) in [4.78, 5) is 8.38. The summed E-state index contributed by atoms with van der Waals surface area (Å²) in [5.41, 5.74) is 1.56. The van der Waals surface area contributed by atoms with Crippen molar-refractivity contribution in [2.75, 3.05) is 12.1 Å². The van der Waals surface area contributed by atoms with E-state index < -0.39 is 0 Å². The van der Waals surface area contributed by atoms with Crippen molar-refractivity contribution in [1.82, 2.24) is 14.6 Å². The number of rotatable bonds is 1. The van der Waals surface area contributed by atoms with Crippen LogP contribution in [0.2, 0.25) is 0 Å². The number of nitrogens with two attached hydrogens (primary N) is 1. The Bertz CT molecular complexity index is 409. The lowest BCUT2D eigenvalue weighted by molar-refractivity contribution is 0.869. The molecular weight excluding hydrogens is 172 g/mol. The fraction of sp³-hybridized carbons (Fsp3) is 0.143. The fourth-order valence-corrected chi connectivity index (χ4v) is 1.53. The van der Waals surface area contributed by atoms with Crippen LogP contribution in [-0.2, 0) is 0 Å². The first kappa shape index (κ1) is 7.42. The molecule has 0 fully saturated rings. The highest BCUT2D eigenvalue weighted by Gasteiger charge is 2.06. The Labute approximate surface area is 73.8 Å². The molecule has 0 saturated heterocycles. The second-order valence-electron chi connectivity index (χ2n) is 2.31. The van der Waals surface area contributed by atoms with Gasteiger partial charge in [0, 0.05) is 6.20 Å². The van der Waals surface area contributed by atoms with Crippen LogP contribution in [0.3, 0.4) is 0 Å². The number of hydrogen-bond acceptors (Lipinski definition) is 4. The van der Waals surface area contributed by atoms with Gasteiger partial charge in [0.2, 0.25) is 0 Å². The molecule has 0 spiro atoms. The first-order valence-electron chi connectivity index (χ1n) is 3.45. The van der Waals surface area contributed by atoms with Gasteiger partial charge in [-0.15, -0.1) is 0 Å². The topological polar surface area (TPSA) is 56.7 Å². The highest BCUT2D eigenvalue weighted by atomic mass is 32.2. The minimum atomic E-state index is 0.724. The van der Waals surface area contributed by atoms with E-state index in [1.807, 2.05) is 18.4 Å². The Balaban J connectivity index is 2.78. The normalized spacial score (nSPS) is 10.8.